The first-order valence-electron chi connectivity index (χ1n) is 16.7. The molecule has 0 aliphatic heterocycles. The molecule has 0 radical (unpaired) electrons. The van der Waals surface area contributed by atoms with E-state index in [0.717, 1.165) is 47.3 Å². The monoisotopic (exact) mass is 502 g/mol. The van der Waals surface area contributed by atoms with Gasteiger partial charge in [-0.25, -0.2) is 0 Å². The summed E-state index contributed by atoms with van der Waals surface area (Å²) in [5.74, 6) is 7.02. The molecular weight excluding hydrogens is 444 g/mol. The zero-order valence-corrected chi connectivity index (χ0v) is 27.3. The third kappa shape index (κ3) is 1.03. The molecule has 2 spiro atoms. The summed E-state index contributed by atoms with van der Waals surface area (Å²) in [5.41, 5.74) is 4.93. The van der Waals surface area contributed by atoms with Gasteiger partial charge in [0, 0.05) is 0 Å². The van der Waals surface area contributed by atoms with Gasteiger partial charge in [-0.15, -0.1) is 0 Å². The van der Waals surface area contributed by atoms with Crippen molar-refractivity contribution < 1.29 is 0 Å². The Morgan fingerprint density at radius 3 is 1.46 bits per heavy atom. The molecule has 0 saturated heterocycles. The Morgan fingerprint density at radius 2 is 0.919 bits per heavy atom. The lowest BCUT2D eigenvalue weighted by molar-refractivity contribution is -0.611. The minimum atomic E-state index is 0.349. The highest BCUT2D eigenvalue weighted by atomic mass is 15.2. The van der Waals surface area contributed by atoms with Crippen molar-refractivity contribution >= 4 is 0 Å². The predicted molar refractivity (Wildman–Crippen MR) is 153 cm³/mol. The van der Waals surface area contributed by atoms with Gasteiger partial charge >= 0.3 is 0 Å². The third-order valence-electron chi connectivity index (χ3n) is 23.4. The van der Waals surface area contributed by atoms with Crippen molar-refractivity contribution in [1.29, 1.82) is 0 Å². The molecule has 10 aliphatic carbocycles. The Morgan fingerprint density at radius 1 is 0.432 bits per heavy atom. The van der Waals surface area contributed by atoms with Crippen LogP contribution in [0, 0.1) is 112 Å². The van der Waals surface area contributed by atoms with E-state index in [1.165, 1.54) is 6.42 Å². The molecule has 18 atom stereocenters. The van der Waals surface area contributed by atoms with Crippen molar-refractivity contribution in [3.63, 3.8) is 0 Å². The second-order valence-electron chi connectivity index (χ2n) is 19.7. The fraction of sp³-hybridized carbons (Fsp3) is 1.00. The molecule has 0 N–H and O–H groups in total. The Kier molecular flexibility index (Phi) is 3.00. The largest absolute Gasteiger partial charge is 0.0648 e. The molecule has 0 nitrogen and oxygen atoms in total. The Hall–Kier alpha value is 0. The van der Waals surface area contributed by atoms with Crippen molar-refractivity contribution in [1.82, 2.24) is 0 Å². The molecule has 0 aromatic rings. The van der Waals surface area contributed by atoms with Crippen molar-refractivity contribution in [2.45, 2.75) is 117 Å². The second kappa shape index (κ2) is 4.69. The van der Waals surface area contributed by atoms with Crippen molar-refractivity contribution in [2.24, 2.45) is 112 Å². The van der Waals surface area contributed by atoms with E-state index in [9.17, 15) is 0 Å². The van der Waals surface area contributed by atoms with Gasteiger partial charge in [0.2, 0.25) is 0 Å². The maximum Gasteiger partial charge on any atom is -0.00693 e. The molecular formula is C37H58. The molecule has 10 saturated carbocycles. The van der Waals surface area contributed by atoms with Crippen LogP contribution in [0.5, 0.6) is 0 Å². The van der Waals surface area contributed by atoms with Crippen LogP contribution in [-0.4, -0.2) is 0 Å². The summed E-state index contributed by atoms with van der Waals surface area (Å²) in [5, 5.41) is 0. The Bertz CT molecular complexity index is 1270. The molecule has 0 heterocycles. The zero-order chi connectivity index (χ0) is 27.3. The lowest BCUT2D eigenvalue weighted by Crippen LogP contribution is -3.04. The van der Waals surface area contributed by atoms with E-state index in [1.54, 1.807) is 0 Å². The maximum absolute atomic E-state index is 3.00. The molecule has 10 rings (SSSR count). The first-order chi connectivity index (χ1) is 16.7. The zero-order valence-electron chi connectivity index (χ0n) is 27.3. The van der Waals surface area contributed by atoms with Crippen molar-refractivity contribution in [3.05, 3.63) is 0 Å². The van der Waals surface area contributed by atoms with Gasteiger partial charge in [-0.1, -0.05) is 111 Å². The first kappa shape index (κ1) is 23.7. The fourth-order valence-electron chi connectivity index (χ4n) is 23.2. The van der Waals surface area contributed by atoms with E-state index in [0.29, 0.717) is 65.0 Å². The molecule has 18 unspecified atom stereocenters. The fourth-order valence-corrected chi connectivity index (χ4v) is 23.2. The highest BCUT2D eigenvalue weighted by Gasteiger charge is 3.16. The average Bonchev–Trinajstić information content (AvgIpc) is 3.29. The Labute approximate surface area is 229 Å². The minimum absolute atomic E-state index is 0.349. The van der Waals surface area contributed by atoms with Crippen LogP contribution < -0.4 is 0 Å². The van der Waals surface area contributed by atoms with Gasteiger partial charge in [-0.2, -0.15) is 0 Å². The summed E-state index contributed by atoms with van der Waals surface area (Å²) in [6.45, 7) is 45.8. The van der Waals surface area contributed by atoms with E-state index in [4.69, 9.17) is 0 Å². The molecule has 206 valence electrons. The van der Waals surface area contributed by atoms with Crippen LogP contribution in [0.4, 0.5) is 0 Å². The van der Waals surface area contributed by atoms with Crippen LogP contribution in [0.3, 0.4) is 0 Å². The van der Waals surface area contributed by atoms with Gasteiger partial charge in [0.05, 0.1) is 0 Å². The molecule has 9 bridgehead atoms. The summed E-state index contributed by atoms with van der Waals surface area (Å²) in [4.78, 5) is 0. The summed E-state index contributed by atoms with van der Waals surface area (Å²) >= 11 is 0. The quantitative estimate of drug-likeness (QED) is 0.335. The van der Waals surface area contributed by atoms with Crippen LogP contribution in [-0.2, 0) is 0 Å². The van der Waals surface area contributed by atoms with Crippen LogP contribution in [0.15, 0.2) is 0 Å². The van der Waals surface area contributed by atoms with Gasteiger partial charge in [0.25, 0.3) is 0 Å². The molecule has 0 amide bonds. The minimum Gasteiger partial charge on any atom is -0.0648 e. The molecule has 0 aromatic heterocycles. The lowest BCUT2D eigenvalue weighted by atomic mass is 8.96. The SMILES string of the molecule is CCC12C3C4C5C(C)C6(C)C7(C)C(C)C3C3(C(C)C(C)C3(C)C71C)C(C)(C)C4(C)C1(C)C(C)(C)C6(C)C521. The molecule has 10 fully saturated rings. The number of hydrogen-bond acceptors (Lipinski definition) is 0. The van der Waals surface area contributed by atoms with Crippen LogP contribution >= 0.6 is 0 Å². The van der Waals surface area contributed by atoms with E-state index < -0.39 is 0 Å². The van der Waals surface area contributed by atoms with Gasteiger partial charge in [0.15, 0.2) is 0 Å². The van der Waals surface area contributed by atoms with Crippen molar-refractivity contribution in [2.75, 3.05) is 0 Å². The summed E-state index contributed by atoms with van der Waals surface area (Å²) in [7, 11) is 0. The number of hydrogen-bond donors (Lipinski definition) is 0. The average molecular weight is 503 g/mol. The molecule has 0 aromatic carbocycles. The van der Waals surface area contributed by atoms with Crippen LogP contribution in [0.1, 0.15) is 117 Å². The van der Waals surface area contributed by atoms with Gasteiger partial charge in [0.1, 0.15) is 0 Å². The smallest absolute Gasteiger partial charge is 0.00693 e. The second-order valence-corrected chi connectivity index (χ2v) is 19.7. The summed E-state index contributed by atoms with van der Waals surface area (Å²) in [6, 6.07) is 0. The van der Waals surface area contributed by atoms with E-state index in [-0.39, 0.29) is 0 Å². The van der Waals surface area contributed by atoms with Crippen molar-refractivity contribution in [3.8, 4) is 0 Å². The van der Waals surface area contributed by atoms with E-state index in [2.05, 4.69) is 111 Å². The first-order valence-corrected chi connectivity index (χ1v) is 16.7. The molecule has 10 aliphatic rings. The van der Waals surface area contributed by atoms with Gasteiger partial charge in [-0.05, 0) is 119 Å². The maximum atomic E-state index is 3.00. The topological polar surface area (TPSA) is 0 Å². The normalized spacial score (nSPS) is 82.1. The Balaban J connectivity index is 1.63. The predicted octanol–water partition coefficient (Wildman–Crippen LogP) is 9.58. The highest BCUT2D eigenvalue weighted by Crippen LogP contribution is 3.19. The van der Waals surface area contributed by atoms with E-state index >= 15 is 0 Å². The summed E-state index contributed by atoms with van der Waals surface area (Å²) < 4.78 is 0. The third-order valence-corrected chi connectivity index (χ3v) is 23.4. The molecule has 37 heavy (non-hydrogen) atoms. The van der Waals surface area contributed by atoms with Crippen LogP contribution in [0.25, 0.3) is 0 Å². The number of rotatable bonds is 1. The lowest BCUT2D eigenvalue weighted by Gasteiger charge is -3.07. The van der Waals surface area contributed by atoms with Gasteiger partial charge in [-0.3, -0.25) is 0 Å². The van der Waals surface area contributed by atoms with Crippen LogP contribution in [0.2, 0.25) is 0 Å². The molecule has 0 heteroatoms. The highest BCUT2D eigenvalue weighted by molar-refractivity contribution is 5.62. The van der Waals surface area contributed by atoms with Gasteiger partial charge < -0.3 is 0 Å². The number of fused-ring (bicyclic) bond motifs is 1. The van der Waals surface area contributed by atoms with E-state index in [1.807, 2.05) is 0 Å². The summed E-state index contributed by atoms with van der Waals surface area (Å²) in [6.07, 6.45) is 1.44. The standard InChI is InChI=1S/C37H58/c1-17-35-25-22-20(4)29(11)28(10)21(5)23-24(25)31(13,33(15)27(8,9)32(28,14)37(23,33)35)26(6,7)36(22)19(3)18(2)30(36,12)34(29,35)16/h18-25H,17H2,1-16H3.